The maximum absolute atomic E-state index is 5.85. The quantitative estimate of drug-likeness (QED) is 0.239. The van der Waals surface area contributed by atoms with E-state index in [-0.39, 0.29) is 0 Å². The van der Waals surface area contributed by atoms with Crippen LogP contribution in [0.5, 0.6) is 5.75 Å². The monoisotopic (exact) mass is 424 g/mol. The highest BCUT2D eigenvalue weighted by atomic mass is 16.5. The SMILES string of the molecule is CCCCCCCCCCCCc1cnc(-c2ccc(OCCC(C)CC)cc2)nc1. The summed E-state index contributed by atoms with van der Waals surface area (Å²) in [7, 11) is 0. The summed E-state index contributed by atoms with van der Waals surface area (Å²) in [6, 6.07) is 8.14. The first kappa shape index (κ1) is 25.4. The van der Waals surface area contributed by atoms with E-state index in [9.17, 15) is 0 Å². The van der Waals surface area contributed by atoms with Gasteiger partial charge < -0.3 is 4.74 Å². The van der Waals surface area contributed by atoms with Crippen LogP contribution in [-0.4, -0.2) is 16.6 Å². The lowest BCUT2D eigenvalue weighted by atomic mass is 10.0. The highest BCUT2D eigenvalue weighted by molar-refractivity contribution is 5.55. The number of hydrogen-bond acceptors (Lipinski definition) is 3. The van der Waals surface area contributed by atoms with Crippen molar-refractivity contribution in [3.63, 3.8) is 0 Å². The molecule has 0 N–H and O–H groups in total. The molecule has 1 aromatic carbocycles. The van der Waals surface area contributed by atoms with Gasteiger partial charge in [-0.3, -0.25) is 0 Å². The van der Waals surface area contributed by atoms with Crippen LogP contribution in [0.4, 0.5) is 0 Å². The summed E-state index contributed by atoms with van der Waals surface area (Å²) in [4.78, 5) is 9.17. The van der Waals surface area contributed by atoms with Crippen LogP contribution < -0.4 is 4.74 Å². The molecule has 172 valence electrons. The third-order valence-corrected chi connectivity index (χ3v) is 6.21. The molecule has 0 fully saturated rings. The molecule has 1 unspecified atom stereocenters. The van der Waals surface area contributed by atoms with Crippen LogP contribution in [0.2, 0.25) is 0 Å². The van der Waals surface area contributed by atoms with Crippen LogP contribution in [0.15, 0.2) is 36.7 Å². The van der Waals surface area contributed by atoms with Crippen LogP contribution in [0.3, 0.4) is 0 Å². The fraction of sp³-hybridized carbons (Fsp3) is 0.643. The van der Waals surface area contributed by atoms with E-state index < -0.39 is 0 Å². The van der Waals surface area contributed by atoms with E-state index in [0.717, 1.165) is 36.6 Å². The molecule has 0 amide bonds. The lowest BCUT2D eigenvalue weighted by Gasteiger charge is -2.10. The fourth-order valence-electron chi connectivity index (χ4n) is 3.73. The Kier molecular flexibility index (Phi) is 13.0. The molecule has 0 spiro atoms. The molecule has 0 aliphatic rings. The molecule has 1 atom stereocenters. The average Bonchev–Trinajstić information content (AvgIpc) is 2.81. The van der Waals surface area contributed by atoms with Crippen molar-refractivity contribution in [3.8, 4) is 17.1 Å². The van der Waals surface area contributed by atoms with Gasteiger partial charge in [-0.15, -0.1) is 0 Å². The van der Waals surface area contributed by atoms with E-state index in [2.05, 4.69) is 42.9 Å². The summed E-state index contributed by atoms with van der Waals surface area (Å²) in [5, 5.41) is 0. The highest BCUT2D eigenvalue weighted by Crippen LogP contribution is 2.20. The van der Waals surface area contributed by atoms with E-state index in [1.54, 1.807) is 0 Å². The Bertz CT molecular complexity index is 681. The summed E-state index contributed by atoms with van der Waals surface area (Å²) in [6.07, 6.45) is 21.1. The Labute approximate surface area is 191 Å². The van der Waals surface area contributed by atoms with Crippen LogP contribution in [-0.2, 0) is 6.42 Å². The summed E-state index contributed by atoms with van der Waals surface area (Å²) < 4.78 is 5.85. The third-order valence-electron chi connectivity index (χ3n) is 6.21. The van der Waals surface area contributed by atoms with Crippen molar-refractivity contribution in [2.45, 2.75) is 104 Å². The topological polar surface area (TPSA) is 35.0 Å². The second-order valence-corrected chi connectivity index (χ2v) is 9.02. The largest absolute Gasteiger partial charge is 0.494 e. The maximum Gasteiger partial charge on any atom is 0.159 e. The summed E-state index contributed by atoms with van der Waals surface area (Å²) in [6.45, 7) is 7.55. The van der Waals surface area contributed by atoms with E-state index in [4.69, 9.17) is 4.74 Å². The zero-order chi connectivity index (χ0) is 22.2. The van der Waals surface area contributed by atoms with Crippen molar-refractivity contribution >= 4 is 0 Å². The van der Waals surface area contributed by atoms with E-state index in [1.165, 1.54) is 76.2 Å². The molecule has 3 nitrogen and oxygen atoms in total. The molecule has 0 bridgehead atoms. The molecule has 2 rings (SSSR count). The van der Waals surface area contributed by atoms with Gasteiger partial charge in [-0.05, 0) is 55.0 Å². The maximum atomic E-state index is 5.85. The van der Waals surface area contributed by atoms with Crippen molar-refractivity contribution in [2.75, 3.05) is 6.61 Å². The van der Waals surface area contributed by atoms with Gasteiger partial charge in [0.15, 0.2) is 5.82 Å². The smallest absolute Gasteiger partial charge is 0.159 e. The van der Waals surface area contributed by atoms with Crippen LogP contribution >= 0.6 is 0 Å². The molecule has 31 heavy (non-hydrogen) atoms. The Morgan fingerprint density at radius 3 is 1.94 bits per heavy atom. The predicted molar refractivity (Wildman–Crippen MR) is 133 cm³/mol. The number of ether oxygens (including phenoxy) is 1. The van der Waals surface area contributed by atoms with Gasteiger partial charge in [0.05, 0.1) is 6.61 Å². The number of hydrogen-bond donors (Lipinski definition) is 0. The number of aryl methyl sites for hydroxylation is 1. The van der Waals surface area contributed by atoms with Crippen molar-refractivity contribution in [3.05, 3.63) is 42.2 Å². The van der Waals surface area contributed by atoms with Gasteiger partial charge in [0.25, 0.3) is 0 Å². The van der Waals surface area contributed by atoms with E-state index >= 15 is 0 Å². The third kappa shape index (κ3) is 10.8. The molecule has 0 saturated carbocycles. The number of benzene rings is 1. The molecule has 0 aliphatic heterocycles. The molecule has 3 heteroatoms. The van der Waals surface area contributed by atoms with E-state index in [1.807, 2.05) is 24.5 Å². The molecule has 0 saturated heterocycles. The summed E-state index contributed by atoms with van der Waals surface area (Å²) >= 11 is 0. The van der Waals surface area contributed by atoms with Crippen LogP contribution in [0, 0.1) is 5.92 Å². The molecular formula is C28H44N2O. The lowest BCUT2D eigenvalue weighted by molar-refractivity contribution is 0.282. The molecule has 1 heterocycles. The summed E-state index contributed by atoms with van der Waals surface area (Å²) in [5.41, 5.74) is 2.29. The second kappa shape index (κ2) is 15.8. The second-order valence-electron chi connectivity index (χ2n) is 9.02. The van der Waals surface area contributed by atoms with Crippen molar-refractivity contribution in [2.24, 2.45) is 5.92 Å². The first-order valence-electron chi connectivity index (χ1n) is 12.8. The molecule has 1 aromatic heterocycles. The normalized spacial score (nSPS) is 12.1. The highest BCUT2D eigenvalue weighted by Gasteiger charge is 2.04. The molecule has 0 radical (unpaired) electrons. The standard InChI is InChI=1S/C28H44N2O/c1-4-6-7-8-9-10-11-12-13-14-15-25-22-29-28(30-23-25)26-16-18-27(19-17-26)31-21-20-24(3)5-2/h16-19,22-24H,4-15,20-21H2,1-3H3. The first-order valence-corrected chi connectivity index (χ1v) is 12.8. The minimum absolute atomic E-state index is 0.714. The van der Waals surface area contributed by atoms with Gasteiger partial charge >= 0.3 is 0 Å². The van der Waals surface area contributed by atoms with Crippen LogP contribution in [0.1, 0.15) is 103 Å². The minimum Gasteiger partial charge on any atom is -0.494 e. The van der Waals surface area contributed by atoms with Crippen molar-refractivity contribution in [1.29, 1.82) is 0 Å². The number of unbranched alkanes of at least 4 members (excludes halogenated alkanes) is 9. The van der Waals surface area contributed by atoms with Crippen molar-refractivity contribution in [1.82, 2.24) is 9.97 Å². The number of rotatable bonds is 17. The number of aromatic nitrogens is 2. The number of nitrogens with zero attached hydrogens (tertiary/aromatic N) is 2. The Morgan fingerprint density at radius 1 is 0.774 bits per heavy atom. The van der Waals surface area contributed by atoms with Crippen LogP contribution in [0.25, 0.3) is 11.4 Å². The summed E-state index contributed by atoms with van der Waals surface area (Å²) in [5.74, 6) is 2.43. The molecule has 2 aromatic rings. The first-order chi connectivity index (χ1) is 15.2. The zero-order valence-electron chi connectivity index (χ0n) is 20.2. The minimum atomic E-state index is 0.714. The zero-order valence-corrected chi connectivity index (χ0v) is 20.2. The predicted octanol–water partition coefficient (Wildman–Crippen LogP) is 8.42. The van der Waals surface area contributed by atoms with E-state index in [0.29, 0.717) is 5.92 Å². The van der Waals surface area contributed by atoms with Gasteiger partial charge in [0.2, 0.25) is 0 Å². The fourth-order valence-corrected chi connectivity index (χ4v) is 3.73. The lowest BCUT2D eigenvalue weighted by Crippen LogP contribution is -2.03. The molecular weight excluding hydrogens is 380 g/mol. The van der Waals surface area contributed by atoms with Gasteiger partial charge in [-0.1, -0.05) is 85.0 Å². The molecule has 0 aliphatic carbocycles. The average molecular weight is 425 g/mol. The Balaban J connectivity index is 1.63. The van der Waals surface area contributed by atoms with Gasteiger partial charge in [-0.2, -0.15) is 0 Å². The van der Waals surface area contributed by atoms with Gasteiger partial charge in [0.1, 0.15) is 5.75 Å². The van der Waals surface area contributed by atoms with Crippen molar-refractivity contribution < 1.29 is 4.74 Å². The Hall–Kier alpha value is -1.90. The van der Waals surface area contributed by atoms with Gasteiger partial charge in [-0.25, -0.2) is 9.97 Å². The Morgan fingerprint density at radius 2 is 1.35 bits per heavy atom. The van der Waals surface area contributed by atoms with Gasteiger partial charge in [0, 0.05) is 18.0 Å².